The molecule has 1 unspecified atom stereocenters. The number of rotatable bonds is 6. The van der Waals surface area contributed by atoms with E-state index in [0.29, 0.717) is 32.1 Å². The molecule has 2 saturated heterocycles. The number of allylic oxidation sites excluding steroid dienone is 1. The summed E-state index contributed by atoms with van der Waals surface area (Å²) >= 11 is 0. The predicted octanol–water partition coefficient (Wildman–Crippen LogP) is 1.34. The summed E-state index contributed by atoms with van der Waals surface area (Å²) in [5.41, 5.74) is 0. The van der Waals surface area contributed by atoms with E-state index < -0.39 is 11.0 Å². The molecule has 3 heterocycles. The van der Waals surface area contributed by atoms with Crippen molar-refractivity contribution in [3.05, 3.63) is 34.1 Å². The van der Waals surface area contributed by atoms with Gasteiger partial charge in [0.1, 0.15) is 16.8 Å². The van der Waals surface area contributed by atoms with Gasteiger partial charge >= 0.3 is 12.0 Å². The molecule has 10 nitrogen and oxygen atoms in total. The summed E-state index contributed by atoms with van der Waals surface area (Å²) in [4.78, 5) is 23.9. The zero-order valence-corrected chi connectivity index (χ0v) is 13.4. The number of nitrogens with zero attached hydrogens (tertiary/aromatic N) is 4. The Morgan fingerprint density at radius 1 is 1.36 bits per heavy atom. The molecule has 1 aromatic heterocycles. The van der Waals surface area contributed by atoms with Crippen molar-refractivity contribution in [3.63, 3.8) is 0 Å². The quantitative estimate of drug-likeness (QED) is 0.432. The van der Waals surface area contributed by atoms with E-state index in [2.05, 4.69) is 10.0 Å². The van der Waals surface area contributed by atoms with Crippen LogP contribution in [0.1, 0.15) is 5.76 Å². The molecule has 0 radical (unpaired) electrons. The van der Waals surface area contributed by atoms with Gasteiger partial charge in [0.25, 0.3) is 0 Å². The zero-order valence-electron chi connectivity index (χ0n) is 13.4. The highest BCUT2D eigenvalue weighted by Crippen LogP contribution is 2.16. The first kappa shape index (κ1) is 17.1. The number of cyclic esters (lactones) is 1. The highest BCUT2D eigenvalue weighted by atomic mass is 16.6. The van der Waals surface area contributed by atoms with E-state index in [1.165, 1.54) is 35.5 Å². The molecule has 134 valence electrons. The largest absolute Gasteiger partial charge is 0.441 e. The van der Waals surface area contributed by atoms with Crippen LogP contribution in [-0.4, -0.2) is 72.6 Å². The lowest BCUT2D eigenvalue weighted by Crippen LogP contribution is -2.41. The average Bonchev–Trinajstić information content (AvgIpc) is 3.20. The Kier molecular flexibility index (Phi) is 5.41. The SMILES string of the molecule is O=C1OC(CN2CCOCC2)CN1/N=C/C=C/c1ccc([N+](=O)[O-])o1. The third-order valence-electron chi connectivity index (χ3n) is 3.77. The Hall–Kier alpha value is -2.72. The molecular weight excluding hydrogens is 332 g/mol. The third kappa shape index (κ3) is 4.64. The number of hydrogen-bond acceptors (Lipinski definition) is 8. The maximum atomic E-state index is 11.8. The summed E-state index contributed by atoms with van der Waals surface area (Å²) in [6.45, 7) is 4.08. The van der Waals surface area contributed by atoms with Crippen LogP contribution in [0.15, 0.2) is 27.7 Å². The number of morpholine rings is 1. The molecule has 0 bridgehead atoms. The lowest BCUT2D eigenvalue weighted by Gasteiger charge is -2.27. The highest BCUT2D eigenvalue weighted by Gasteiger charge is 2.32. The van der Waals surface area contributed by atoms with E-state index in [4.69, 9.17) is 13.9 Å². The monoisotopic (exact) mass is 350 g/mol. The second kappa shape index (κ2) is 7.90. The summed E-state index contributed by atoms with van der Waals surface area (Å²) in [5.74, 6) is -0.00185. The number of hydrogen-bond donors (Lipinski definition) is 0. The van der Waals surface area contributed by atoms with Gasteiger partial charge < -0.3 is 13.9 Å². The number of carbonyl (C=O) groups excluding carboxylic acids is 1. The molecule has 3 rings (SSSR count). The van der Waals surface area contributed by atoms with Gasteiger partial charge in [0, 0.05) is 25.8 Å². The minimum atomic E-state index is -0.611. The Bertz CT molecular complexity index is 679. The van der Waals surface area contributed by atoms with Gasteiger partial charge in [-0.25, -0.2) is 4.79 Å². The van der Waals surface area contributed by atoms with Crippen molar-refractivity contribution in [2.45, 2.75) is 6.10 Å². The van der Waals surface area contributed by atoms with E-state index >= 15 is 0 Å². The van der Waals surface area contributed by atoms with Gasteiger partial charge in [0.2, 0.25) is 0 Å². The minimum absolute atomic E-state index is 0.223. The Morgan fingerprint density at radius 3 is 2.88 bits per heavy atom. The standard InChI is InChI=1S/C15H18N4O6/c20-15-18(11-13(25-15)10-17-6-8-23-9-7-17)16-5-1-2-12-3-4-14(24-12)19(21)22/h1-5,13H,6-11H2/b2-1+,16-5+. The summed E-state index contributed by atoms with van der Waals surface area (Å²) in [5, 5.41) is 15.8. The summed E-state index contributed by atoms with van der Waals surface area (Å²) in [7, 11) is 0. The van der Waals surface area contributed by atoms with E-state index in [-0.39, 0.29) is 12.0 Å². The molecule has 1 aromatic rings. The van der Waals surface area contributed by atoms with Gasteiger partial charge in [-0.1, -0.05) is 0 Å². The van der Waals surface area contributed by atoms with Crippen molar-refractivity contribution >= 4 is 24.3 Å². The first-order valence-electron chi connectivity index (χ1n) is 7.85. The Morgan fingerprint density at radius 2 is 2.16 bits per heavy atom. The zero-order chi connectivity index (χ0) is 17.6. The fraction of sp³-hybridized carbons (Fsp3) is 0.467. The molecule has 2 fully saturated rings. The van der Waals surface area contributed by atoms with Crippen molar-refractivity contribution < 1.29 is 23.6 Å². The molecule has 1 amide bonds. The molecule has 0 spiro atoms. The minimum Gasteiger partial charge on any atom is -0.441 e. The van der Waals surface area contributed by atoms with Crippen molar-refractivity contribution in [1.82, 2.24) is 9.91 Å². The van der Waals surface area contributed by atoms with Crippen LogP contribution in [0.2, 0.25) is 0 Å². The van der Waals surface area contributed by atoms with E-state index in [1.54, 1.807) is 0 Å². The van der Waals surface area contributed by atoms with Crippen LogP contribution in [0, 0.1) is 10.1 Å². The molecule has 0 N–H and O–H groups in total. The van der Waals surface area contributed by atoms with Gasteiger partial charge in [0.05, 0.1) is 25.8 Å². The number of carbonyl (C=O) groups is 1. The predicted molar refractivity (Wildman–Crippen MR) is 87.1 cm³/mol. The second-order valence-electron chi connectivity index (χ2n) is 5.56. The van der Waals surface area contributed by atoms with Gasteiger partial charge in [-0.15, -0.1) is 0 Å². The third-order valence-corrected chi connectivity index (χ3v) is 3.77. The lowest BCUT2D eigenvalue weighted by molar-refractivity contribution is -0.402. The van der Waals surface area contributed by atoms with Crippen molar-refractivity contribution in [3.8, 4) is 0 Å². The first-order valence-corrected chi connectivity index (χ1v) is 7.85. The molecule has 0 aromatic carbocycles. The molecule has 0 saturated carbocycles. The molecule has 25 heavy (non-hydrogen) atoms. The van der Waals surface area contributed by atoms with Crippen LogP contribution in [0.5, 0.6) is 0 Å². The first-order chi connectivity index (χ1) is 12.1. The van der Waals surface area contributed by atoms with Gasteiger partial charge in [-0.05, 0) is 18.2 Å². The Balaban J connectivity index is 1.48. The molecule has 2 aliphatic heterocycles. The van der Waals surface area contributed by atoms with Crippen molar-refractivity contribution in [2.24, 2.45) is 5.10 Å². The molecule has 0 aliphatic carbocycles. The van der Waals surface area contributed by atoms with Crippen LogP contribution in [0.25, 0.3) is 6.08 Å². The van der Waals surface area contributed by atoms with Crippen LogP contribution >= 0.6 is 0 Å². The second-order valence-corrected chi connectivity index (χ2v) is 5.56. The van der Waals surface area contributed by atoms with Crippen LogP contribution in [0.4, 0.5) is 10.7 Å². The van der Waals surface area contributed by atoms with Crippen molar-refractivity contribution in [1.29, 1.82) is 0 Å². The fourth-order valence-corrected chi connectivity index (χ4v) is 2.56. The van der Waals surface area contributed by atoms with Gasteiger partial charge in [0.15, 0.2) is 0 Å². The fourth-order valence-electron chi connectivity index (χ4n) is 2.56. The summed E-state index contributed by atoms with van der Waals surface area (Å²) < 4.78 is 15.6. The average molecular weight is 350 g/mol. The topological polar surface area (TPSA) is 111 Å². The summed E-state index contributed by atoms with van der Waals surface area (Å²) in [6.07, 6.45) is 3.75. The normalized spacial score (nSPS) is 22.2. The highest BCUT2D eigenvalue weighted by molar-refractivity contribution is 5.79. The van der Waals surface area contributed by atoms with Gasteiger partial charge in [-0.3, -0.25) is 15.0 Å². The molecule has 1 atom stereocenters. The number of nitro groups is 1. The van der Waals surface area contributed by atoms with Crippen molar-refractivity contribution in [2.75, 3.05) is 39.4 Å². The smallest absolute Gasteiger partial charge is 0.433 e. The number of ether oxygens (including phenoxy) is 2. The van der Waals surface area contributed by atoms with E-state index in [1.807, 2.05) is 0 Å². The van der Waals surface area contributed by atoms with E-state index in [0.717, 1.165) is 13.1 Å². The van der Waals surface area contributed by atoms with Crippen LogP contribution in [0.3, 0.4) is 0 Å². The number of amides is 1. The van der Waals surface area contributed by atoms with E-state index in [9.17, 15) is 14.9 Å². The lowest BCUT2D eigenvalue weighted by atomic mass is 10.3. The number of hydrazone groups is 1. The maximum absolute atomic E-state index is 11.8. The Labute approximate surface area is 143 Å². The number of furan rings is 1. The molecule has 2 aliphatic rings. The van der Waals surface area contributed by atoms with Gasteiger partial charge in [-0.2, -0.15) is 10.1 Å². The van der Waals surface area contributed by atoms with Crippen LogP contribution in [-0.2, 0) is 9.47 Å². The van der Waals surface area contributed by atoms with Crippen LogP contribution < -0.4 is 0 Å². The molecule has 10 heteroatoms. The summed E-state index contributed by atoms with van der Waals surface area (Å²) in [6, 6.07) is 2.75. The molecular formula is C15H18N4O6. The maximum Gasteiger partial charge on any atom is 0.433 e.